The minimum atomic E-state index is -0.140. The van der Waals surface area contributed by atoms with Gasteiger partial charge in [-0.15, -0.1) is 0 Å². The Kier molecular flexibility index (Phi) is 6.30. The van der Waals surface area contributed by atoms with Gasteiger partial charge in [0.2, 0.25) is 0 Å². The molecule has 1 saturated heterocycles. The van der Waals surface area contributed by atoms with E-state index in [1.54, 1.807) is 6.20 Å². The fourth-order valence-electron chi connectivity index (χ4n) is 3.99. The molecule has 3 heterocycles. The fraction of sp³-hybridized carbons (Fsp3) is 0.391. The number of anilines is 3. The third kappa shape index (κ3) is 4.47. The van der Waals surface area contributed by atoms with E-state index in [0.717, 1.165) is 62.3 Å². The molecule has 3 aromatic rings. The molecule has 7 nitrogen and oxygen atoms in total. The van der Waals surface area contributed by atoms with Crippen molar-refractivity contribution < 1.29 is 0 Å². The lowest BCUT2D eigenvalue weighted by atomic mass is 10.1. The average Bonchev–Trinajstić information content (AvgIpc) is 2.78. The highest BCUT2D eigenvalue weighted by atomic mass is 16.1. The molecule has 158 valence electrons. The molecule has 1 aliphatic rings. The van der Waals surface area contributed by atoms with Gasteiger partial charge in [0.05, 0.1) is 5.39 Å². The summed E-state index contributed by atoms with van der Waals surface area (Å²) in [5.41, 5.74) is 8.60. The van der Waals surface area contributed by atoms with Crippen molar-refractivity contribution in [2.45, 2.75) is 19.8 Å². The van der Waals surface area contributed by atoms with Crippen LogP contribution in [-0.4, -0.2) is 54.1 Å². The molecule has 0 spiro atoms. The Hall–Kier alpha value is -2.90. The molecular weight excluding hydrogens is 376 g/mol. The maximum absolute atomic E-state index is 12.5. The van der Waals surface area contributed by atoms with E-state index in [-0.39, 0.29) is 5.56 Å². The highest BCUT2D eigenvalue weighted by molar-refractivity contribution is 5.92. The minimum absolute atomic E-state index is 0.140. The second-order valence-corrected chi connectivity index (χ2v) is 7.72. The number of nitrogens with one attached hydrogen (secondary N) is 2. The van der Waals surface area contributed by atoms with Crippen LogP contribution in [0.4, 0.5) is 17.2 Å². The lowest BCUT2D eigenvalue weighted by Gasteiger charge is -2.35. The van der Waals surface area contributed by atoms with Crippen LogP contribution >= 0.6 is 0 Å². The summed E-state index contributed by atoms with van der Waals surface area (Å²) in [6.07, 6.45) is 3.33. The quantitative estimate of drug-likeness (QED) is 0.559. The van der Waals surface area contributed by atoms with Crippen LogP contribution < -0.4 is 21.5 Å². The molecule has 1 aliphatic heterocycles. The van der Waals surface area contributed by atoms with Gasteiger partial charge in [-0.1, -0.05) is 6.92 Å². The summed E-state index contributed by atoms with van der Waals surface area (Å²) in [7, 11) is 0. The van der Waals surface area contributed by atoms with Gasteiger partial charge in [0.1, 0.15) is 5.82 Å². The van der Waals surface area contributed by atoms with E-state index in [1.165, 1.54) is 5.69 Å². The summed E-state index contributed by atoms with van der Waals surface area (Å²) in [5, 5.41) is 4.82. The van der Waals surface area contributed by atoms with Crippen molar-refractivity contribution in [2.75, 3.05) is 49.5 Å². The second kappa shape index (κ2) is 9.28. The predicted octanol–water partition coefficient (Wildman–Crippen LogP) is 2.70. The van der Waals surface area contributed by atoms with Crippen LogP contribution in [0.1, 0.15) is 19.0 Å². The standard InChI is InChI=1S/C23H30N6O/c1-2-28-12-14-29(15-13-28)20-7-5-18(6-8-20)26-22-21-17(9-11-25-23(21)30)16-19(27-22)4-3-10-24/h5-9,11,16H,2-4,10,12-15,24H2,1H3,(H,25,30)(H,26,27). The molecule has 0 unspecified atom stereocenters. The van der Waals surface area contributed by atoms with Crippen molar-refractivity contribution in [3.63, 3.8) is 0 Å². The normalized spacial score (nSPS) is 14.9. The first-order valence-electron chi connectivity index (χ1n) is 10.7. The molecule has 0 saturated carbocycles. The number of fused-ring (bicyclic) bond motifs is 1. The van der Waals surface area contributed by atoms with E-state index in [1.807, 2.05) is 12.1 Å². The molecule has 4 rings (SSSR count). The lowest BCUT2D eigenvalue weighted by molar-refractivity contribution is 0.271. The Morgan fingerprint density at radius 2 is 1.90 bits per heavy atom. The molecule has 7 heteroatoms. The van der Waals surface area contributed by atoms with Crippen LogP contribution in [0, 0.1) is 0 Å². The van der Waals surface area contributed by atoms with Crippen LogP contribution in [0.25, 0.3) is 10.8 Å². The second-order valence-electron chi connectivity index (χ2n) is 7.72. The first kappa shape index (κ1) is 20.4. The molecule has 1 aromatic carbocycles. The van der Waals surface area contributed by atoms with Gasteiger partial charge in [0.15, 0.2) is 0 Å². The van der Waals surface area contributed by atoms with E-state index in [4.69, 9.17) is 10.7 Å². The Bertz CT molecular complexity index is 1040. The first-order chi connectivity index (χ1) is 14.7. The molecule has 1 fully saturated rings. The molecule has 0 bridgehead atoms. The van der Waals surface area contributed by atoms with Gasteiger partial charge in [-0.25, -0.2) is 4.98 Å². The number of nitrogens with zero attached hydrogens (tertiary/aromatic N) is 3. The van der Waals surface area contributed by atoms with Crippen molar-refractivity contribution in [1.29, 1.82) is 0 Å². The Labute approximate surface area is 176 Å². The summed E-state index contributed by atoms with van der Waals surface area (Å²) in [5.74, 6) is 0.589. The zero-order valence-corrected chi connectivity index (χ0v) is 17.5. The number of aromatic nitrogens is 2. The molecule has 30 heavy (non-hydrogen) atoms. The van der Waals surface area contributed by atoms with Crippen LogP contribution in [0.15, 0.2) is 47.4 Å². The average molecular weight is 407 g/mol. The van der Waals surface area contributed by atoms with Crippen molar-refractivity contribution in [3.05, 3.63) is 58.6 Å². The van der Waals surface area contributed by atoms with Crippen LogP contribution in [0.3, 0.4) is 0 Å². The third-order valence-corrected chi connectivity index (χ3v) is 5.76. The minimum Gasteiger partial charge on any atom is -0.369 e. The number of H-pyrrole nitrogens is 1. The van der Waals surface area contributed by atoms with Gasteiger partial charge in [-0.3, -0.25) is 4.79 Å². The smallest absolute Gasteiger partial charge is 0.259 e. The first-order valence-corrected chi connectivity index (χ1v) is 10.7. The Balaban J connectivity index is 1.57. The fourth-order valence-corrected chi connectivity index (χ4v) is 3.99. The number of rotatable bonds is 7. The maximum Gasteiger partial charge on any atom is 0.259 e. The number of aromatic amines is 1. The van der Waals surface area contributed by atoms with Gasteiger partial charge in [-0.2, -0.15) is 0 Å². The zero-order valence-electron chi connectivity index (χ0n) is 17.5. The predicted molar refractivity (Wildman–Crippen MR) is 124 cm³/mol. The number of hydrogen-bond acceptors (Lipinski definition) is 6. The van der Waals surface area contributed by atoms with E-state index < -0.39 is 0 Å². The molecule has 0 aliphatic carbocycles. The van der Waals surface area contributed by atoms with Crippen molar-refractivity contribution in [2.24, 2.45) is 5.73 Å². The summed E-state index contributed by atoms with van der Waals surface area (Å²) < 4.78 is 0. The number of benzene rings is 1. The Morgan fingerprint density at radius 1 is 1.13 bits per heavy atom. The summed E-state index contributed by atoms with van der Waals surface area (Å²) in [6.45, 7) is 8.24. The molecule has 2 aromatic heterocycles. The maximum atomic E-state index is 12.5. The van der Waals surface area contributed by atoms with Crippen molar-refractivity contribution >= 4 is 28.0 Å². The van der Waals surface area contributed by atoms with Crippen LogP contribution in [-0.2, 0) is 6.42 Å². The Morgan fingerprint density at radius 3 is 2.60 bits per heavy atom. The number of likely N-dealkylation sites (N-methyl/N-ethyl adjacent to an activating group) is 1. The van der Waals surface area contributed by atoms with Crippen LogP contribution in [0.2, 0.25) is 0 Å². The molecule has 0 amide bonds. The summed E-state index contributed by atoms with van der Waals surface area (Å²) >= 11 is 0. The number of aryl methyl sites for hydroxylation is 1. The van der Waals surface area contributed by atoms with E-state index in [0.29, 0.717) is 17.7 Å². The number of piperazine rings is 1. The van der Waals surface area contributed by atoms with Gasteiger partial charge < -0.3 is 25.8 Å². The van der Waals surface area contributed by atoms with E-state index in [2.05, 4.69) is 51.3 Å². The largest absolute Gasteiger partial charge is 0.369 e. The lowest BCUT2D eigenvalue weighted by Crippen LogP contribution is -2.46. The molecular formula is C23H30N6O. The highest BCUT2D eigenvalue weighted by Crippen LogP contribution is 2.25. The zero-order chi connectivity index (χ0) is 20.9. The number of hydrogen-bond donors (Lipinski definition) is 3. The molecule has 0 atom stereocenters. The SMILES string of the molecule is CCN1CCN(c2ccc(Nc3nc(CCCN)cc4cc[nH]c(=O)c34)cc2)CC1. The van der Waals surface area contributed by atoms with Gasteiger partial charge >= 0.3 is 0 Å². The number of pyridine rings is 2. The van der Waals surface area contributed by atoms with Gasteiger partial charge in [-0.05, 0) is 67.7 Å². The highest BCUT2D eigenvalue weighted by Gasteiger charge is 2.16. The van der Waals surface area contributed by atoms with Crippen molar-refractivity contribution in [1.82, 2.24) is 14.9 Å². The molecule has 0 radical (unpaired) electrons. The van der Waals surface area contributed by atoms with Gasteiger partial charge in [0.25, 0.3) is 5.56 Å². The van der Waals surface area contributed by atoms with Crippen LogP contribution in [0.5, 0.6) is 0 Å². The third-order valence-electron chi connectivity index (χ3n) is 5.76. The summed E-state index contributed by atoms with van der Waals surface area (Å²) in [4.78, 5) is 24.8. The van der Waals surface area contributed by atoms with E-state index in [9.17, 15) is 4.79 Å². The topological polar surface area (TPSA) is 90.3 Å². The van der Waals surface area contributed by atoms with E-state index >= 15 is 0 Å². The van der Waals surface area contributed by atoms with Gasteiger partial charge in [0, 0.05) is 49.4 Å². The van der Waals surface area contributed by atoms with Crippen molar-refractivity contribution in [3.8, 4) is 0 Å². The monoisotopic (exact) mass is 406 g/mol. The summed E-state index contributed by atoms with van der Waals surface area (Å²) in [6, 6.07) is 12.3. The number of nitrogens with two attached hydrogens (primary N) is 1. The molecule has 4 N–H and O–H groups in total.